The number of hydrogen-bond acceptors (Lipinski definition) is 3. The quantitative estimate of drug-likeness (QED) is 0.562. The monoisotopic (exact) mass is 187 g/mol. The molecule has 0 heterocycles. The minimum Gasteiger partial charge on any atom is -0.351 e. The molecule has 0 aromatic heterocycles. The lowest BCUT2D eigenvalue weighted by atomic mass is 10.0. The third-order valence-corrected chi connectivity index (χ3v) is 1.79. The molecule has 0 bridgehead atoms. The van der Waals surface area contributed by atoms with Crippen LogP contribution in [0.5, 0.6) is 0 Å². The molecule has 0 aliphatic carbocycles. The first kappa shape index (κ1) is 11.9. The maximum absolute atomic E-state index is 10.9. The van der Waals surface area contributed by atoms with Crippen molar-refractivity contribution in [1.82, 2.24) is 5.32 Å². The van der Waals surface area contributed by atoms with Crippen molar-refractivity contribution in [3.8, 4) is 0 Å². The second-order valence-corrected chi connectivity index (χ2v) is 3.13. The molecule has 0 fully saturated rings. The van der Waals surface area contributed by atoms with E-state index in [0.717, 1.165) is 12.8 Å². The number of carbonyl (C=O) groups excluding carboxylic acids is 2. The molecule has 0 rings (SSSR count). The highest BCUT2D eigenvalue weighted by molar-refractivity contribution is 5.93. The fraction of sp³-hybridized carbons (Fsp3) is 0.750. The molecule has 76 valence electrons. The zero-order valence-electron chi connectivity index (χ0n) is 7.88. The van der Waals surface area contributed by atoms with Gasteiger partial charge in [0.25, 0.3) is 0 Å². The van der Waals surface area contributed by atoms with Gasteiger partial charge in [-0.25, -0.2) is 4.79 Å². The first-order valence-corrected chi connectivity index (χ1v) is 4.35. The second kappa shape index (κ2) is 6.42. The normalized spacial score (nSPS) is 12.2. The molecular weight excluding hydrogens is 170 g/mol. The van der Waals surface area contributed by atoms with Gasteiger partial charge in [0.15, 0.2) is 0 Å². The number of rotatable bonds is 5. The summed E-state index contributed by atoms with van der Waals surface area (Å²) in [6.45, 7) is 2.64. The third kappa shape index (κ3) is 7.27. The van der Waals surface area contributed by atoms with E-state index in [1.807, 2.05) is 12.2 Å². The number of nitrogens with one attached hydrogen (secondary N) is 1. The lowest BCUT2D eigenvalue weighted by Crippen LogP contribution is -2.35. The number of imide groups is 1. The minimum absolute atomic E-state index is 0.323. The molecule has 0 saturated heterocycles. The highest BCUT2D eigenvalue weighted by Gasteiger charge is 2.07. The van der Waals surface area contributed by atoms with Crippen LogP contribution >= 0.6 is 0 Å². The summed E-state index contributed by atoms with van der Waals surface area (Å²) in [5, 5.41) is 2.01. The van der Waals surface area contributed by atoms with E-state index >= 15 is 0 Å². The molecule has 0 aliphatic rings. The van der Waals surface area contributed by atoms with Gasteiger partial charge in [-0.2, -0.15) is 0 Å². The number of urea groups is 1. The topological polar surface area (TPSA) is 98.2 Å². The van der Waals surface area contributed by atoms with Crippen molar-refractivity contribution in [1.29, 1.82) is 0 Å². The second-order valence-electron chi connectivity index (χ2n) is 3.13. The zero-order valence-corrected chi connectivity index (χ0v) is 7.88. The van der Waals surface area contributed by atoms with E-state index in [4.69, 9.17) is 11.5 Å². The van der Waals surface area contributed by atoms with E-state index in [1.165, 1.54) is 0 Å². The summed E-state index contributed by atoms with van der Waals surface area (Å²) in [6.07, 6.45) is 1.95. The molecule has 0 radical (unpaired) electrons. The fourth-order valence-corrected chi connectivity index (χ4v) is 1.01. The molecule has 13 heavy (non-hydrogen) atoms. The SMILES string of the molecule is CC(CCN)CCC(=O)NC(N)=O. The summed E-state index contributed by atoms with van der Waals surface area (Å²) < 4.78 is 0. The molecule has 0 aliphatic heterocycles. The molecule has 1 atom stereocenters. The maximum atomic E-state index is 10.9. The van der Waals surface area contributed by atoms with Crippen molar-refractivity contribution in [2.45, 2.75) is 26.2 Å². The molecule has 0 aromatic rings. The fourth-order valence-electron chi connectivity index (χ4n) is 1.01. The Hall–Kier alpha value is -1.10. The van der Waals surface area contributed by atoms with Gasteiger partial charge in [-0.3, -0.25) is 10.1 Å². The summed E-state index contributed by atoms with van der Waals surface area (Å²) >= 11 is 0. The van der Waals surface area contributed by atoms with Gasteiger partial charge >= 0.3 is 6.03 Å². The summed E-state index contributed by atoms with van der Waals surface area (Å²) in [5.41, 5.74) is 10.1. The maximum Gasteiger partial charge on any atom is 0.318 e. The van der Waals surface area contributed by atoms with E-state index in [1.54, 1.807) is 0 Å². The van der Waals surface area contributed by atoms with E-state index in [2.05, 4.69) is 0 Å². The van der Waals surface area contributed by atoms with Gasteiger partial charge in [-0.1, -0.05) is 6.92 Å². The Morgan fingerprint density at radius 3 is 2.46 bits per heavy atom. The van der Waals surface area contributed by atoms with E-state index in [9.17, 15) is 9.59 Å². The number of nitrogens with two attached hydrogens (primary N) is 2. The van der Waals surface area contributed by atoms with Gasteiger partial charge in [0, 0.05) is 6.42 Å². The number of carbonyl (C=O) groups is 2. The average molecular weight is 187 g/mol. The lowest BCUT2D eigenvalue weighted by Gasteiger charge is -2.08. The van der Waals surface area contributed by atoms with Crippen LogP contribution in [0.1, 0.15) is 26.2 Å². The first-order valence-electron chi connectivity index (χ1n) is 4.35. The van der Waals surface area contributed by atoms with E-state index in [0.29, 0.717) is 18.9 Å². The predicted octanol–water partition coefficient (Wildman–Crippen LogP) is -0.0536. The largest absolute Gasteiger partial charge is 0.351 e. The summed E-state index contributed by atoms with van der Waals surface area (Å²) in [5.74, 6) is 0.0833. The minimum atomic E-state index is -0.795. The van der Waals surface area contributed by atoms with Crippen LogP contribution in [0.2, 0.25) is 0 Å². The standard InChI is InChI=1S/C8H17N3O2/c1-6(4-5-9)2-3-7(12)11-8(10)13/h6H,2-5,9H2,1H3,(H3,10,11,12,13). The van der Waals surface area contributed by atoms with Crippen LogP contribution in [-0.2, 0) is 4.79 Å². The highest BCUT2D eigenvalue weighted by Crippen LogP contribution is 2.08. The molecule has 0 aromatic carbocycles. The summed E-state index contributed by atoms with van der Waals surface area (Å²) in [6, 6.07) is -0.795. The van der Waals surface area contributed by atoms with Crippen molar-refractivity contribution in [3.63, 3.8) is 0 Å². The summed E-state index contributed by atoms with van der Waals surface area (Å²) in [7, 11) is 0. The molecule has 3 amide bonds. The molecular formula is C8H17N3O2. The number of amides is 3. The summed E-state index contributed by atoms with van der Waals surface area (Å²) in [4.78, 5) is 21.2. The van der Waals surface area contributed by atoms with Crippen molar-refractivity contribution in [3.05, 3.63) is 0 Å². The van der Waals surface area contributed by atoms with Gasteiger partial charge in [-0.15, -0.1) is 0 Å². The van der Waals surface area contributed by atoms with Crippen LogP contribution in [-0.4, -0.2) is 18.5 Å². The van der Waals surface area contributed by atoms with Crippen LogP contribution in [0, 0.1) is 5.92 Å². The molecule has 5 heteroatoms. The zero-order chi connectivity index (χ0) is 10.3. The first-order chi connectivity index (χ1) is 6.06. The Labute approximate surface area is 77.8 Å². The number of hydrogen-bond donors (Lipinski definition) is 3. The Bertz CT molecular complexity index is 182. The Morgan fingerprint density at radius 1 is 1.38 bits per heavy atom. The van der Waals surface area contributed by atoms with Crippen LogP contribution in [0.15, 0.2) is 0 Å². The van der Waals surface area contributed by atoms with Crippen LogP contribution in [0.3, 0.4) is 0 Å². The predicted molar refractivity (Wildman–Crippen MR) is 49.8 cm³/mol. The van der Waals surface area contributed by atoms with Gasteiger partial charge in [0.2, 0.25) is 5.91 Å². The van der Waals surface area contributed by atoms with Crippen LogP contribution in [0.4, 0.5) is 4.79 Å². The van der Waals surface area contributed by atoms with Crippen molar-refractivity contribution >= 4 is 11.9 Å². The third-order valence-electron chi connectivity index (χ3n) is 1.79. The van der Waals surface area contributed by atoms with Gasteiger partial charge in [0.1, 0.15) is 0 Å². The molecule has 0 saturated carbocycles. The van der Waals surface area contributed by atoms with E-state index in [-0.39, 0.29) is 5.91 Å². The van der Waals surface area contributed by atoms with Crippen molar-refractivity contribution in [2.75, 3.05) is 6.54 Å². The smallest absolute Gasteiger partial charge is 0.318 e. The Kier molecular flexibility index (Phi) is 5.88. The molecule has 5 nitrogen and oxygen atoms in total. The van der Waals surface area contributed by atoms with Crippen LogP contribution in [0.25, 0.3) is 0 Å². The number of primary amides is 1. The lowest BCUT2D eigenvalue weighted by molar-refractivity contribution is -0.120. The van der Waals surface area contributed by atoms with Gasteiger partial charge in [0.05, 0.1) is 0 Å². The van der Waals surface area contributed by atoms with Gasteiger partial charge in [-0.05, 0) is 25.3 Å². The highest BCUT2D eigenvalue weighted by atomic mass is 16.2. The molecule has 5 N–H and O–H groups in total. The van der Waals surface area contributed by atoms with Crippen molar-refractivity contribution in [2.24, 2.45) is 17.4 Å². The van der Waals surface area contributed by atoms with E-state index < -0.39 is 6.03 Å². The molecule has 1 unspecified atom stereocenters. The average Bonchev–Trinajstić information content (AvgIpc) is 2.00. The van der Waals surface area contributed by atoms with Crippen molar-refractivity contribution < 1.29 is 9.59 Å². The Morgan fingerprint density at radius 2 is 2.00 bits per heavy atom. The van der Waals surface area contributed by atoms with Gasteiger partial charge < -0.3 is 11.5 Å². The Balaban J connectivity index is 3.51. The molecule has 0 spiro atoms. The van der Waals surface area contributed by atoms with Crippen LogP contribution < -0.4 is 16.8 Å².